The van der Waals surface area contributed by atoms with Gasteiger partial charge >= 0.3 is 0 Å². The van der Waals surface area contributed by atoms with E-state index in [1.165, 1.54) is 8.61 Å². The highest BCUT2D eigenvalue weighted by Crippen LogP contribution is 2.26. The van der Waals surface area contributed by atoms with Crippen LogP contribution in [0.3, 0.4) is 0 Å². The minimum atomic E-state index is -3.54. The van der Waals surface area contributed by atoms with Crippen LogP contribution in [0.15, 0.2) is 18.2 Å². The molecule has 1 aromatic rings. The molecule has 10 heteroatoms. The van der Waals surface area contributed by atoms with Gasteiger partial charge in [0.05, 0.1) is 31.0 Å². The fourth-order valence-electron chi connectivity index (χ4n) is 4.13. The zero-order chi connectivity index (χ0) is 22.8. The summed E-state index contributed by atoms with van der Waals surface area (Å²) in [6.07, 6.45) is -0.246. The van der Waals surface area contributed by atoms with Gasteiger partial charge in [0, 0.05) is 39.3 Å². The molecule has 9 nitrogen and oxygen atoms in total. The maximum absolute atomic E-state index is 13.1. The van der Waals surface area contributed by atoms with Crippen LogP contribution in [-0.4, -0.2) is 92.5 Å². The lowest BCUT2D eigenvalue weighted by Gasteiger charge is -2.41. The average molecular weight is 455 g/mol. The molecule has 174 valence electrons. The van der Waals surface area contributed by atoms with Crippen LogP contribution >= 0.6 is 0 Å². The fourth-order valence-corrected chi connectivity index (χ4v) is 5.87. The van der Waals surface area contributed by atoms with Gasteiger partial charge in [-0.25, -0.2) is 0 Å². The van der Waals surface area contributed by atoms with Crippen molar-refractivity contribution in [2.75, 3.05) is 51.7 Å². The van der Waals surface area contributed by atoms with E-state index in [0.29, 0.717) is 50.7 Å². The molecule has 2 saturated heterocycles. The van der Waals surface area contributed by atoms with Gasteiger partial charge in [0.25, 0.3) is 10.2 Å². The van der Waals surface area contributed by atoms with Crippen LogP contribution in [0.25, 0.3) is 0 Å². The zero-order valence-electron chi connectivity index (χ0n) is 19.0. The number of carbonyl (C=O) groups is 1. The van der Waals surface area contributed by atoms with Crippen molar-refractivity contribution in [2.24, 2.45) is 0 Å². The summed E-state index contributed by atoms with van der Waals surface area (Å²) in [6, 6.07) is 5.23. The number of hydrogen-bond donors (Lipinski definition) is 1. The Morgan fingerprint density at radius 2 is 1.74 bits per heavy atom. The molecular weight excluding hydrogens is 420 g/mol. The van der Waals surface area contributed by atoms with Gasteiger partial charge < -0.3 is 14.8 Å². The van der Waals surface area contributed by atoms with Gasteiger partial charge in [0.15, 0.2) is 0 Å². The minimum absolute atomic E-state index is 0.123. The highest BCUT2D eigenvalue weighted by molar-refractivity contribution is 7.86. The smallest absolute Gasteiger partial charge is 0.282 e. The van der Waals surface area contributed by atoms with Crippen LogP contribution in [0.5, 0.6) is 5.75 Å². The summed E-state index contributed by atoms with van der Waals surface area (Å²) in [6.45, 7) is 10.00. The Bertz CT molecular complexity index is 876. The minimum Gasteiger partial charge on any atom is -0.495 e. The fraction of sp³-hybridized carbons (Fsp3) is 0.667. The van der Waals surface area contributed by atoms with Crippen LogP contribution in [0, 0.1) is 6.92 Å². The number of methoxy groups -OCH3 is 1. The van der Waals surface area contributed by atoms with E-state index < -0.39 is 16.3 Å². The molecule has 0 radical (unpaired) electrons. The quantitative estimate of drug-likeness (QED) is 0.697. The lowest BCUT2D eigenvalue weighted by molar-refractivity contribution is -0.121. The third kappa shape index (κ3) is 5.56. The number of nitrogens with one attached hydrogen (secondary N) is 1. The molecule has 1 N–H and O–H groups in total. The lowest BCUT2D eigenvalue weighted by Crippen LogP contribution is -2.58. The summed E-state index contributed by atoms with van der Waals surface area (Å²) in [5, 5.41) is 2.94. The summed E-state index contributed by atoms with van der Waals surface area (Å²) in [5.74, 6) is 0.465. The van der Waals surface area contributed by atoms with E-state index in [1.54, 1.807) is 7.11 Å². The molecule has 0 aliphatic carbocycles. The highest BCUT2D eigenvalue weighted by atomic mass is 32.2. The molecule has 2 fully saturated rings. The summed E-state index contributed by atoms with van der Waals surface area (Å²) >= 11 is 0. The van der Waals surface area contributed by atoms with Crippen molar-refractivity contribution in [3.8, 4) is 5.75 Å². The lowest BCUT2D eigenvalue weighted by atomic mass is 10.2. The number of anilines is 1. The van der Waals surface area contributed by atoms with Crippen molar-refractivity contribution in [1.29, 1.82) is 0 Å². The second kappa shape index (κ2) is 9.83. The Kier molecular flexibility index (Phi) is 7.59. The molecule has 0 bridgehead atoms. The number of benzene rings is 1. The average Bonchev–Trinajstić information content (AvgIpc) is 2.72. The van der Waals surface area contributed by atoms with E-state index in [0.717, 1.165) is 5.56 Å². The number of carbonyl (C=O) groups excluding carboxylic acids is 1. The molecule has 0 spiro atoms. The van der Waals surface area contributed by atoms with Crippen molar-refractivity contribution in [2.45, 2.75) is 45.9 Å². The van der Waals surface area contributed by atoms with Crippen LogP contribution in [0.1, 0.15) is 26.3 Å². The molecule has 3 rings (SSSR count). The standard InChI is InChI=1S/C21H34N4O5S/c1-15-6-7-20(29-5)19(12-15)22-21(26)18(4)23-8-10-24(11-9-23)31(27,28)25-13-16(2)30-17(3)14-25/h6-7,12,16-18H,8-11,13-14H2,1-5H3,(H,22,26). The Labute approximate surface area is 185 Å². The number of aryl methyl sites for hydroxylation is 1. The SMILES string of the molecule is COc1ccc(C)cc1NC(=O)C(C)N1CCN(S(=O)(=O)N2CC(C)OC(C)C2)CC1. The summed E-state index contributed by atoms with van der Waals surface area (Å²) in [4.78, 5) is 14.8. The molecule has 31 heavy (non-hydrogen) atoms. The summed E-state index contributed by atoms with van der Waals surface area (Å²) in [7, 11) is -1.97. The molecule has 3 unspecified atom stereocenters. The first-order chi connectivity index (χ1) is 14.6. The van der Waals surface area contributed by atoms with Crippen molar-refractivity contribution in [1.82, 2.24) is 13.5 Å². The van der Waals surface area contributed by atoms with E-state index in [2.05, 4.69) is 5.32 Å². The number of nitrogens with zero attached hydrogens (tertiary/aromatic N) is 3. The van der Waals surface area contributed by atoms with Crippen molar-refractivity contribution in [3.63, 3.8) is 0 Å². The first-order valence-electron chi connectivity index (χ1n) is 10.7. The third-order valence-electron chi connectivity index (χ3n) is 5.85. The number of hydrogen-bond acceptors (Lipinski definition) is 6. The molecule has 0 aromatic heterocycles. The van der Waals surface area contributed by atoms with Crippen LogP contribution in [0.2, 0.25) is 0 Å². The second-order valence-electron chi connectivity index (χ2n) is 8.39. The van der Waals surface area contributed by atoms with Crippen molar-refractivity contribution >= 4 is 21.8 Å². The van der Waals surface area contributed by atoms with E-state index in [4.69, 9.17) is 9.47 Å². The Balaban J connectivity index is 1.59. The second-order valence-corrected chi connectivity index (χ2v) is 10.3. The Hall–Kier alpha value is -1.72. The van der Waals surface area contributed by atoms with Crippen LogP contribution in [0.4, 0.5) is 5.69 Å². The summed E-state index contributed by atoms with van der Waals surface area (Å²) in [5.41, 5.74) is 1.66. The van der Waals surface area contributed by atoms with Gasteiger partial charge in [-0.2, -0.15) is 17.0 Å². The van der Waals surface area contributed by atoms with Crippen molar-refractivity contribution < 1.29 is 22.7 Å². The molecule has 2 heterocycles. The maximum Gasteiger partial charge on any atom is 0.282 e. The van der Waals surface area contributed by atoms with Crippen molar-refractivity contribution in [3.05, 3.63) is 23.8 Å². The molecule has 2 aliphatic heterocycles. The summed E-state index contributed by atoms with van der Waals surface area (Å²) < 4.78 is 40.2. The zero-order valence-corrected chi connectivity index (χ0v) is 19.8. The van der Waals surface area contributed by atoms with Gasteiger partial charge in [-0.05, 0) is 45.4 Å². The largest absolute Gasteiger partial charge is 0.495 e. The predicted molar refractivity (Wildman–Crippen MR) is 119 cm³/mol. The highest BCUT2D eigenvalue weighted by Gasteiger charge is 2.37. The molecule has 1 aromatic carbocycles. The van der Waals surface area contributed by atoms with E-state index >= 15 is 0 Å². The monoisotopic (exact) mass is 454 g/mol. The molecule has 2 aliphatic rings. The van der Waals surface area contributed by atoms with Crippen LogP contribution in [-0.2, 0) is 19.7 Å². The van der Waals surface area contributed by atoms with Crippen LogP contribution < -0.4 is 10.1 Å². The predicted octanol–water partition coefficient (Wildman–Crippen LogP) is 1.30. The molecule has 1 amide bonds. The Morgan fingerprint density at radius 1 is 1.13 bits per heavy atom. The first kappa shape index (κ1) is 23.9. The van der Waals surface area contributed by atoms with Gasteiger partial charge in [-0.3, -0.25) is 9.69 Å². The van der Waals surface area contributed by atoms with E-state index in [-0.39, 0.29) is 18.1 Å². The number of amides is 1. The molecule has 3 atom stereocenters. The third-order valence-corrected chi connectivity index (χ3v) is 7.82. The number of piperazine rings is 1. The topological polar surface area (TPSA) is 91.4 Å². The Morgan fingerprint density at radius 3 is 2.32 bits per heavy atom. The first-order valence-corrected chi connectivity index (χ1v) is 12.1. The van der Waals surface area contributed by atoms with Gasteiger partial charge in [-0.1, -0.05) is 6.07 Å². The van der Waals surface area contributed by atoms with E-state index in [9.17, 15) is 13.2 Å². The van der Waals surface area contributed by atoms with E-state index in [1.807, 2.05) is 50.8 Å². The molecule has 0 saturated carbocycles. The van der Waals surface area contributed by atoms with Gasteiger partial charge in [0.1, 0.15) is 5.75 Å². The normalized spacial score (nSPS) is 25.2. The number of morpholine rings is 1. The molecular formula is C21H34N4O5S. The number of rotatable bonds is 6. The van der Waals surface area contributed by atoms with Gasteiger partial charge in [-0.15, -0.1) is 0 Å². The maximum atomic E-state index is 13.1. The van der Waals surface area contributed by atoms with Gasteiger partial charge in [0.2, 0.25) is 5.91 Å². The number of ether oxygens (including phenoxy) is 2.